The molecule has 0 spiro atoms. The predicted octanol–water partition coefficient (Wildman–Crippen LogP) is 3.49. The zero-order valence-corrected chi connectivity index (χ0v) is 10.3. The van der Waals surface area contributed by atoms with Gasteiger partial charge in [0, 0.05) is 0 Å². The Morgan fingerprint density at radius 2 is 1.89 bits per heavy atom. The van der Waals surface area contributed by atoms with Crippen molar-refractivity contribution in [1.29, 1.82) is 0 Å². The molecule has 0 saturated carbocycles. The van der Waals surface area contributed by atoms with Crippen molar-refractivity contribution in [1.82, 2.24) is 4.57 Å². The van der Waals surface area contributed by atoms with E-state index in [1.54, 1.807) is 13.0 Å². The van der Waals surface area contributed by atoms with Gasteiger partial charge in [0.15, 0.2) is 5.58 Å². The van der Waals surface area contributed by atoms with Gasteiger partial charge in [-0.25, -0.2) is 4.79 Å². The molecule has 0 N–H and O–H groups in total. The first-order valence-corrected chi connectivity index (χ1v) is 5.53. The van der Waals surface area contributed by atoms with Crippen LogP contribution in [0.2, 0.25) is 0 Å². The second-order valence-electron chi connectivity index (χ2n) is 3.54. The van der Waals surface area contributed by atoms with Crippen LogP contribution in [0, 0.1) is 6.92 Å². The van der Waals surface area contributed by atoms with Crippen LogP contribution in [0.25, 0.3) is 11.1 Å². The fourth-order valence-electron chi connectivity index (χ4n) is 1.50. The van der Waals surface area contributed by atoms with Crippen LogP contribution in [0.1, 0.15) is 19.4 Å². The zero-order chi connectivity index (χ0) is 13.9. The largest absolute Gasteiger partial charge is 0.420 e. The van der Waals surface area contributed by atoms with Crippen LogP contribution in [0.15, 0.2) is 27.4 Å². The van der Waals surface area contributed by atoms with Crippen LogP contribution in [-0.4, -0.2) is 10.7 Å². The minimum atomic E-state index is -4.44. The molecule has 1 aromatic heterocycles. The molecule has 0 bridgehead atoms. The molecule has 2 rings (SSSR count). The lowest BCUT2D eigenvalue weighted by atomic mass is 10.2. The highest BCUT2D eigenvalue weighted by Crippen LogP contribution is 2.21. The van der Waals surface area contributed by atoms with Crippen LogP contribution in [0.4, 0.5) is 13.2 Å². The summed E-state index contributed by atoms with van der Waals surface area (Å²) >= 11 is 0. The Hall–Kier alpha value is -1.72. The third-order valence-corrected chi connectivity index (χ3v) is 2.16. The quantitative estimate of drug-likeness (QED) is 0.787. The van der Waals surface area contributed by atoms with Gasteiger partial charge in [-0.15, -0.1) is 0 Å². The molecule has 0 unspecified atom stereocenters. The van der Waals surface area contributed by atoms with Crippen LogP contribution in [0.3, 0.4) is 0 Å². The minimum Gasteiger partial charge on any atom is -0.408 e. The molecule has 0 atom stereocenters. The van der Waals surface area contributed by atoms with Gasteiger partial charge in [-0.1, -0.05) is 19.9 Å². The maximum Gasteiger partial charge on any atom is 0.420 e. The molecule has 3 nitrogen and oxygen atoms in total. The van der Waals surface area contributed by atoms with Crippen LogP contribution < -0.4 is 5.76 Å². The van der Waals surface area contributed by atoms with Gasteiger partial charge in [0.05, 0.1) is 5.52 Å². The van der Waals surface area contributed by atoms with Crippen LogP contribution in [0.5, 0.6) is 0 Å². The summed E-state index contributed by atoms with van der Waals surface area (Å²) in [7, 11) is 0. The van der Waals surface area contributed by atoms with E-state index in [0.29, 0.717) is 4.57 Å². The molecule has 0 aliphatic carbocycles. The number of rotatable bonds is 1. The Morgan fingerprint density at radius 3 is 2.44 bits per heavy atom. The maximum atomic E-state index is 12.2. The fraction of sp³-hybridized carbons (Fsp3) is 0.417. The zero-order valence-electron chi connectivity index (χ0n) is 10.3. The summed E-state index contributed by atoms with van der Waals surface area (Å²) in [6.07, 6.45) is -4.44. The van der Waals surface area contributed by atoms with Crippen molar-refractivity contribution in [2.24, 2.45) is 0 Å². The van der Waals surface area contributed by atoms with Crippen LogP contribution >= 0.6 is 0 Å². The average Bonchev–Trinajstić information content (AvgIpc) is 2.57. The number of oxazole rings is 1. The lowest BCUT2D eigenvalue weighted by molar-refractivity contribution is -0.140. The third kappa shape index (κ3) is 3.15. The Kier molecular flexibility index (Phi) is 4.21. The van der Waals surface area contributed by atoms with Crippen molar-refractivity contribution in [2.75, 3.05) is 0 Å². The number of alkyl halides is 3. The fourth-order valence-corrected chi connectivity index (χ4v) is 1.50. The Balaban J connectivity index is 0.000000771. The van der Waals surface area contributed by atoms with Gasteiger partial charge in [-0.2, -0.15) is 13.2 Å². The first kappa shape index (κ1) is 14.3. The lowest BCUT2D eigenvalue weighted by Gasteiger charge is -2.06. The first-order chi connectivity index (χ1) is 8.37. The van der Waals surface area contributed by atoms with Crippen LogP contribution in [-0.2, 0) is 6.54 Å². The van der Waals surface area contributed by atoms with Crippen molar-refractivity contribution in [2.45, 2.75) is 33.5 Å². The molecule has 1 heterocycles. The molecule has 100 valence electrons. The molecular formula is C12H14F3NO2. The number of aryl methyl sites for hydroxylation is 1. The molecule has 0 fully saturated rings. The van der Waals surface area contributed by atoms with E-state index in [9.17, 15) is 18.0 Å². The third-order valence-electron chi connectivity index (χ3n) is 2.16. The number of hydrogen-bond donors (Lipinski definition) is 0. The number of hydrogen-bond acceptors (Lipinski definition) is 2. The van der Waals surface area contributed by atoms with E-state index in [4.69, 9.17) is 4.42 Å². The average molecular weight is 261 g/mol. The highest BCUT2D eigenvalue weighted by atomic mass is 19.4. The number of aromatic nitrogens is 1. The van der Waals surface area contributed by atoms with Crippen molar-refractivity contribution < 1.29 is 17.6 Å². The SMILES string of the molecule is CC.Cc1ccc2oc(=O)n(CC(F)(F)F)c2c1. The monoisotopic (exact) mass is 261 g/mol. The van der Waals surface area contributed by atoms with Gasteiger partial charge in [-0.3, -0.25) is 4.57 Å². The Labute approximate surface area is 102 Å². The normalized spacial score (nSPS) is 11.2. The van der Waals surface area contributed by atoms with Crippen molar-refractivity contribution in [3.63, 3.8) is 0 Å². The standard InChI is InChI=1S/C10H8F3NO2.C2H6/c1-6-2-3-8-7(4-6)14(9(15)16-8)5-10(11,12)13;1-2/h2-4H,5H2,1H3;1-2H3. The summed E-state index contributed by atoms with van der Waals surface area (Å²) in [6, 6.07) is 4.65. The van der Waals surface area contributed by atoms with Gasteiger partial charge < -0.3 is 4.42 Å². The number of benzene rings is 1. The van der Waals surface area contributed by atoms with E-state index in [2.05, 4.69) is 0 Å². The van der Waals surface area contributed by atoms with Gasteiger partial charge in [0.1, 0.15) is 6.54 Å². The molecule has 0 saturated heterocycles. The van der Waals surface area contributed by atoms with Gasteiger partial charge >= 0.3 is 11.9 Å². The number of nitrogens with zero attached hydrogens (tertiary/aromatic N) is 1. The number of halogens is 3. The topological polar surface area (TPSA) is 35.1 Å². The molecular weight excluding hydrogens is 247 g/mol. The highest BCUT2D eigenvalue weighted by molar-refractivity contribution is 5.73. The summed E-state index contributed by atoms with van der Waals surface area (Å²) in [5.74, 6) is -0.988. The molecule has 0 radical (unpaired) electrons. The first-order valence-electron chi connectivity index (χ1n) is 5.53. The predicted molar refractivity (Wildman–Crippen MR) is 62.6 cm³/mol. The van der Waals surface area contributed by atoms with E-state index >= 15 is 0 Å². The Morgan fingerprint density at radius 1 is 1.28 bits per heavy atom. The summed E-state index contributed by atoms with van der Waals surface area (Å²) in [6.45, 7) is 4.40. The molecule has 0 aliphatic heterocycles. The van der Waals surface area contributed by atoms with Gasteiger partial charge in [-0.05, 0) is 24.6 Å². The summed E-state index contributed by atoms with van der Waals surface area (Å²) < 4.78 is 42.0. The van der Waals surface area contributed by atoms with E-state index in [-0.39, 0.29) is 11.1 Å². The second kappa shape index (κ2) is 5.29. The van der Waals surface area contributed by atoms with E-state index in [1.165, 1.54) is 12.1 Å². The second-order valence-corrected chi connectivity index (χ2v) is 3.54. The van der Waals surface area contributed by atoms with Gasteiger partial charge in [0.2, 0.25) is 0 Å². The highest BCUT2D eigenvalue weighted by Gasteiger charge is 2.30. The van der Waals surface area contributed by atoms with Crippen molar-refractivity contribution in [3.05, 3.63) is 34.3 Å². The van der Waals surface area contributed by atoms with Gasteiger partial charge in [0.25, 0.3) is 0 Å². The molecule has 18 heavy (non-hydrogen) atoms. The molecule has 6 heteroatoms. The summed E-state index contributed by atoms with van der Waals surface area (Å²) in [5.41, 5.74) is 1.10. The summed E-state index contributed by atoms with van der Waals surface area (Å²) in [4.78, 5) is 11.2. The lowest BCUT2D eigenvalue weighted by Crippen LogP contribution is -2.24. The van der Waals surface area contributed by atoms with E-state index < -0.39 is 18.5 Å². The molecule has 1 aromatic carbocycles. The van der Waals surface area contributed by atoms with E-state index in [0.717, 1.165) is 5.56 Å². The van der Waals surface area contributed by atoms with Crippen molar-refractivity contribution in [3.8, 4) is 0 Å². The molecule has 2 aromatic rings. The minimum absolute atomic E-state index is 0.167. The Bertz CT molecular complexity index is 581. The smallest absolute Gasteiger partial charge is 0.408 e. The molecule has 0 aliphatic rings. The van der Waals surface area contributed by atoms with Crippen molar-refractivity contribution >= 4 is 11.1 Å². The van der Waals surface area contributed by atoms with E-state index in [1.807, 2.05) is 13.8 Å². The number of fused-ring (bicyclic) bond motifs is 1. The molecule has 0 amide bonds. The summed E-state index contributed by atoms with van der Waals surface area (Å²) in [5, 5.41) is 0. The maximum absolute atomic E-state index is 12.2.